The molecule has 2 N–H and O–H groups in total. The molecule has 0 radical (unpaired) electrons. The number of carbonyl (C=O) groups is 1. The summed E-state index contributed by atoms with van der Waals surface area (Å²) >= 11 is 10.7. The molecule has 138 valence electrons. The van der Waals surface area contributed by atoms with E-state index in [-0.39, 0.29) is 17.2 Å². The Morgan fingerprint density at radius 2 is 1.72 bits per heavy atom. The van der Waals surface area contributed by atoms with Crippen molar-refractivity contribution in [2.45, 2.75) is 27.7 Å². The predicted molar refractivity (Wildman–Crippen MR) is 109 cm³/mol. The van der Waals surface area contributed by atoms with Gasteiger partial charge < -0.3 is 20.4 Å². The average Bonchev–Trinajstić information content (AvgIpc) is 2.60. The highest BCUT2D eigenvalue weighted by Crippen LogP contribution is 2.14. The molecule has 0 aliphatic heterocycles. The molecule has 0 fully saturated rings. The van der Waals surface area contributed by atoms with Crippen LogP contribution in [0.3, 0.4) is 0 Å². The van der Waals surface area contributed by atoms with Crippen LogP contribution in [0.2, 0.25) is 5.02 Å². The van der Waals surface area contributed by atoms with E-state index in [2.05, 4.69) is 26.1 Å². The zero-order valence-corrected chi connectivity index (χ0v) is 16.8. The van der Waals surface area contributed by atoms with Gasteiger partial charge in [-0.05, 0) is 52.0 Å². The summed E-state index contributed by atoms with van der Waals surface area (Å²) in [4.78, 5) is 13.1. The molecule has 0 bridgehead atoms. The summed E-state index contributed by atoms with van der Waals surface area (Å²) in [6.45, 7) is 12.3. The number of halogens is 1. The van der Waals surface area contributed by atoms with Gasteiger partial charge in [0, 0.05) is 10.7 Å². The number of quaternary nitrogens is 1. The van der Waals surface area contributed by atoms with E-state index >= 15 is 0 Å². The van der Waals surface area contributed by atoms with Crippen molar-refractivity contribution < 1.29 is 14.4 Å². The summed E-state index contributed by atoms with van der Waals surface area (Å²) in [5, 5.41) is 12.2. The van der Waals surface area contributed by atoms with Crippen LogP contribution in [0.15, 0.2) is 29.8 Å². The first-order valence-electron chi connectivity index (χ1n) is 8.27. The van der Waals surface area contributed by atoms with Crippen LogP contribution in [0.5, 0.6) is 0 Å². The summed E-state index contributed by atoms with van der Waals surface area (Å²) in [6, 6.07) is 6.72. The monoisotopic (exact) mass is 383 g/mol. The Balaban J connectivity index is 0.000000697. The molecule has 0 aromatic heterocycles. The average molecular weight is 384 g/mol. The van der Waals surface area contributed by atoms with Crippen molar-refractivity contribution in [3.63, 3.8) is 0 Å². The Kier molecular flexibility index (Phi) is 12.6. The molecule has 0 saturated carbocycles. The molecule has 0 aliphatic rings. The largest absolute Gasteiger partial charge is 0.762 e. The molecule has 0 atom stereocenters. The fourth-order valence-electron chi connectivity index (χ4n) is 1.87. The summed E-state index contributed by atoms with van der Waals surface area (Å²) in [5.41, 5.74) is 0.420. The number of hydrogen-bond acceptors (Lipinski definition) is 3. The second-order valence-corrected chi connectivity index (χ2v) is 5.82. The second kappa shape index (κ2) is 13.6. The lowest BCUT2D eigenvalue weighted by Crippen LogP contribution is -3.11. The van der Waals surface area contributed by atoms with Crippen molar-refractivity contribution in [3.05, 3.63) is 40.3 Å². The lowest BCUT2D eigenvalue weighted by Gasteiger charge is -2.10. The van der Waals surface area contributed by atoms with Crippen molar-refractivity contribution in [3.8, 4) is 0 Å². The highest BCUT2D eigenvalue weighted by molar-refractivity contribution is 7.81. The number of esters is 1. The van der Waals surface area contributed by atoms with Crippen molar-refractivity contribution in [2.24, 2.45) is 0 Å². The second-order valence-electron chi connectivity index (χ2n) is 4.98. The first-order chi connectivity index (χ1) is 11.9. The number of nitrogens with zero attached hydrogens (tertiary/aromatic N) is 1. The Labute approximate surface area is 160 Å². The maximum absolute atomic E-state index is 11.4. The molecule has 7 heteroatoms. The maximum Gasteiger partial charge on any atom is 0.347 e. The van der Waals surface area contributed by atoms with Crippen LogP contribution in [0.1, 0.15) is 27.7 Å². The molecular formula is C18H26ClN3O2S. The van der Waals surface area contributed by atoms with Crippen LogP contribution in [0.4, 0.5) is 5.69 Å². The van der Waals surface area contributed by atoms with Gasteiger partial charge in [0.25, 0.3) is 0 Å². The molecule has 0 saturated heterocycles. The van der Waals surface area contributed by atoms with Gasteiger partial charge in [-0.25, -0.2) is 4.79 Å². The summed E-state index contributed by atoms with van der Waals surface area (Å²) in [5.74, 6) is 1.00. The first-order valence-corrected chi connectivity index (χ1v) is 9.06. The molecule has 1 aromatic rings. The summed E-state index contributed by atoms with van der Waals surface area (Å²) < 4.78 is 4.73. The SMILES string of the molecule is CCOC(=O)C(=C=[N-])C(=S)Nc1ccc(Cl)cc1.CC[NH+](CC)CC. The van der Waals surface area contributed by atoms with E-state index in [4.69, 9.17) is 34.0 Å². The lowest BCUT2D eigenvalue weighted by molar-refractivity contribution is -0.894. The lowest BCUT2D eigenvalue weighted by atomic mass is 10.2. The van der Waals surface area contributed by atoms with Crippen LogP contribution in [-0.4, -0.2) is 43.1 Å². The van der Waals surface area contributed by atoms with Gasteiger partial charge in [-0.2, -0.15) is 0 Å². The minimum Gasteiger partial charge on any atom is -0.762 e. The van der Waals surface area contributed by atoms with Crippen molar-refractivity contribution in [1.82, 2.24) is 0 Å². The van der Waals surface area contributed by atoms with Gasteiger partial charge in [0.05, 0.1) is 26.2 Å². The molecular weight excluding hydrogens is 358 g/mol. The zero-order chi connectivity index (χ0) is 19.2. The van der Waals surface area contributed by atoms with E-state index in [1.54, 1.807) is 42.0 Å². The molecule has 0 unspecified atom stereocenters. The minimum atomic E-state index is -0.730. The van der Waals surface area contributed by atoms with Gasteiger partial charge in [-0.3, -0.25) is 5.87 Å². The van der Waals surface area contributed by atoms with Crippen LogP contribution in [-0.2, 0) is 9.53 Å². The van der Waals surface area contributed by atoms with Crippen molar-refractivity contribution in [2.75, 3.05) is 31.6 Å². The zero-order valence-electron chi connectivity index (χ0n) is 15.2. The highest BCUT2D eigenvalue weighted by atomic mass is 35.5. The number of anilines is 1. The van der Waals surface area contributed by atoms with E-state index in [9.17, 15) is 4.79 Å². The van der Waals surface area contributed by atoms with E-state index in [1.165, 1.54) is 19.6 Å². The normalized spacial score (nSPS) is 9.52. The van der Waals surface area contributed by atoms with Crippen LogP contribution in [0.25, 0.3) is 5.41 Å². The number of nitrogens with one attached hydrogen (secondary N) is 2. The molecule has 25 heavy (non-hydrogen) atoms. The molecule has 0 amide bonds. The van der Waals surface area contributed by atoms with Gasteiger partial charge in [0.2, 0.25) is 0 Å². The quantitative estimate of drug-likeness (QED) is 0.329. The molecule has 0 spiro atoms. The highest BCUT2D eigenvalue weighted by Gasteiger charge is 2.14. The number of thiocarbonyl (C=S) groups is 1. The number of ether oxygens (including phenoxy) is 1. The Bertz CT molecular complexity index is 589. The first kappa shape index (κ1) is 23.3. The number of rotatable bonds is 7. The van der Waals surface area contributed by atoms with Crippen molar-refractivity contribution in [1.29, 1.82) is 0 Å². The third-order valence-corrected chi connectivity index (χ3v) is 3.98. The van der Waals surface area contributed by atoms with E-state index in [0.717, 1.165) is 0 Å². The van der Waals surface area contributed by atoms with E-state index in [1.807, 2.05) is 0 Å². The van der Waals surface area contributed by atoms with Crippen molar-refractivity contribution >= 4 is 46.3 Å². The molecule has 1 rings (SSSR count). The summed E-state index contributed by atoms with van der Waals surface area (Å²) in [6.07, 6.45) is 0. The fourth-order valence-corrected chi connectivity index (χ4v) is 2.24. The standard InChI is InChI=1S/C12H10ClN2O2S.C6H15N/c1-2-17-12(16)10(7-14)11(18)15-9-5-3-8(13)4-6-9;1-4-7(5-2)6-3/h3-6H,2H2,1H3,(H,15,18);4-6H2,1-3H3/q-1;/p+1. The Morgan fingerprint density at radius 1 is 1.20 bits per heavy atom. The van der Waals surface area contributed by atoms with Crippen LogP contribution >= 0.6 is 23.8 Å². The Morgan fingerprint density at radius 3 is 2.08 bits per heavy atom. The van der Waals surface area contributed by atoms with Crippen LogP contribution in [0, 0.1) is 0 Å². The molecule has 0 heterocycles. The summed E-state index contributed by atoms with van der Waals surface area (Å²) in [7, 11) is 0. The number of hydrogen-bond donors (Lipinski definition) is 2. The smallest absolute Gasteiger partial charge is 0.347 e. The third kappa shape index (κ3) is 9.37. The molecule has 0 aliphatic carbocycles. The topological polar surface area (TPSA) is 65.1 Å². The third-order valence-electron chi connectivity index (χ3n) is 3.42. The number of carbonyl (C=O) groups excluding carboxylic acids is 1. The number of benzene rings is 1. The predicted octanol–water partition coefficient (Wildman–Crippen LogP) is 2.74. The van der Waals surface area contributed by atoms with Gasteiger partial charge in [0.15, 0.2) is 0 Å². The molecule has 5 nitrogen and oxygen atoms in total. The van der Waals surface area contributed by atoms with Gasteiger partial charge in [-0.1, -0.05) is 23.8 Å². The van der Waals surface area contributed by atoms with Crippen LogP contribution < -0.4 is 10.2 Å². The van der Waals surface area contributed by atoms with Gasteiger partial charge in [0.1, 0.15) is 10.6 Å². The van der Waals surface area contributed by atoms with Gasteiger partial charge >= 0.3 is 5.97 Å². The maximum atomic E-state index is 11.4. The van der Waals surface area contributed by atoms with E-state index < -0.39 is 5.97 Å². The Hall–Kier alpha value is -1.72. The molecule has 1 aromatic carbocycles. The van der Waals surface area contributed by atoms with E-state index in [0.29, 0.717) is 10.7 Å². The van der Waals surface area contributed by atoms with Gasteiger partial charge in [-0.15, -0.1) is 0 Å². The fraction of sp³-hybridized carbons (Fsp3) is 0.444. The minimum absolute atomic E-state index is 0.0262.